The number of aliphatic hydroxyl groups excluding tert-OH is 1. The summed E-state index contributed by atoms with van der Waals surface area (Å²) in [5.74, 6) is -5.82. The van der Waals surface area contributed by atoms with Gasteiger partial charge < -0.3 is 15.2 Å². The molecule has 4 aliphatic rings. The highest BCUT2D eigenvalue weighted by Crippen LogP contribution is 2.65. The fraction of sp³-hybridized carbons (Fsp3) is 0.217. The summed E-state index contributed by atoms with van der Waals surface area (Å²) in [5, 5.41) is 14.5. The van der Waals surface area contributed by atoms with E-state index < -0.39 is 52.6 Å². The van der Waals surface area contributed by atoms with E-state index in [-0.39, 0.29) is 37.9 Å². The lowest BCUT2D eigenvalue weighted by Gasteiger charge is -2.50. The number of carbonyl (C=O) groups is 4. The number of hydrogen-bond acceptors (Lipinski definition) is 8. The first-order valence-corrected chi connectivity index (χ1v) is 19.6. The van der Waals surface area contributed by atoms with E-state index in [1.807, 2.05) is 60.7 Å². The molecule has 10 nitrogen and oxygen atoms in total. The second kappa shape index (κ2) is 14.9. The van der Waals surface area contributed by atoms with Crippen LogP contribution in [0, 0.1) is 29.5 Å². The maximum absolute atomic E-state index is 15.4. The normalized spacial score (nSPS) is 24.9. The SMILES string of the molecule is O=C1C2CC3C(=CCC4C(=O)N(c5ccc(Nc6ccccc6)cc5)C(=O)C43)C(c3ccccc3OCCO)C2(c2ccc(Cl)cc2)C(=O)N1Nc1ccc(F)cc1. The molecule has 3 N–H and O–H groups in total. The zero-order valence-corrected chi connectivity index (χ0v) is 31.8. The highest BCUT2D eigenvalue weighted by atomic mass is 35.5. The Morgan fingerprint density at radius 1 is 0.759 bits per heavy atom. The summed E-state index contributed by atoms with van der Waals surface area (Å²) in [6.07, 6.45) is 2.30. The first-order chi connectivity index (χ1) is 28.2. The summed E-state index contributed by atoms with van der Waals surface area (Å²) >= 11 is 6.41. The molecule has 2 aliphatic heterocycles. The van der Waals surface area contributed by atoms with Crippen LogP contribution in [0.2, 0.25) is 5.02 Å². The number of nitrogens with zero attached hydrogens (tertiary/aromatic N) is 2. The van der Waals surface area contributed by atoms with Gasteiger partial charge in [0.05, 0.1) is 41.2 Å². The number of imide groups is 2. The molecular weight excluding hydrogens is 759 g/mol. The van der Waals surface area contributed by atoms with Crippen LogP contribution in [0.3, 0.4) is 0 Å². The predicted molar refractivity (Wildman–Crippen MR) is 217 cm³/mol. The Hall–Kier alpha value is -6.30. The Morgan fingerprint density at radius 3 is 2.16 bits per heavy atom. The van der Waals surface area contributed by atoms with Gasteiger partial charge in [-0.2, -0.15) is 5.01 Å². The van der Waals surface area contributed by atoms with Gasteiger partial charge in [-0.15, -0.1) is 0 Å². The summed E-state index contributed by atoms with van der Waals surface area (Å²) in [6, 6.07) is 36.2. The molecule has 2 heterocycles. The van der Waals surface area contributed by atoms with Crippen molar-refractivity contribution >= 4 is 58.0 Å². The molecule has 4 amide bonds. The lowest BCUT2D eigenvalue weighted by atomic mass is 9.49. The molecule has 0 radical (unpaired) electrons. The van der Waals surface area contributed by atoms with Crippen LogP contribution < -0.4 is 20.4 Å². The van der Waals surface area contributed by atoms with Crippen molar-refractivity contribution in [3.05, 3.63) is 161 Å². The van der Waals surface area contributed by atoms with E-state index in [9.17, 15) is 23.9 Å². The quantitative estimate of drug-likeness (QED) is 0.0967. The number of rotatable bonds is 10. The number of nitrogens with one attached hydrogen (secondary N) is 2. The smallest absolute Gasteiger partial charge is 0.260 e. The predicted octanol–water partition coefficient (Wildman–Crippen LogP) is 7.78. The number of hydrogen-bond donors (Lipinski definition) is 3. The van der Waals surface area contributed by atoms with Crippen LogP contribution in [0.15, 0.2) is 139 Å². The molecule has 0 bridgehead atoms. The van der Waals surface area contributed by atoms with E-state index in [2.05, 4.69) is 10.7 Å². The third-order valence-corrected chi connectivity index (χ3v) is 12.3. The van der Waals surface area contributed by atoms with E-state index in [1.54, 1.807) is 48.5 Å². The monoisotopic (exact) mass is 796 g/mol. The Labute approximate surface area is 338 Å². The minimum absolute atomic E-state index is 0.0268. The number of benzene rings is 5. The van der Waals surface area contributed by atoms with Crippen molar-refractivity contribution in [1.82, 2.24) is 5.01 Å². The Morgan fingerprint density at radius 2 is 1.43 bits per heavy atom. The lowest BCUT2D eigenvalue weighted by Crippen LogP contribution is -2.53. The molecule has 0 aromatic heterocycles. The number of anilines is 4. The van der Waals surface area contributed by atoms with E-state index in [4.69, 9.17) is 16.3 Å². The van der Waals surface area contributed by atoms with Crippen molar-refractivity contribution < 1.29 is 33.4 Å². The average molecular weight is 797 g/mol. The second-order valence-corrected chi connectivity index (χ2v) is 15.5. The van der Waals surface area contributed by atoms with E-state index in [1.165, 1.54) is 29.2 Å². The van der Waals surface area contributed by atoms with E-state index in [0.717, 1.165) is 22.0 Å². The maximum atomic E-state index is 15.4. The van der Waals surface area contributed by atoms with Crippen LogP contribution in [0.5, 0.6) is 5.75 Å². The van der Waals surface area contributed by atoms with Gasteiger partial charge in [0.2, 0.25) is 11.8 Å². The number of fused-ring (bicyclic) bond motifs is 4. The molecule has 3 fully saturated rings. The summed E-state index contributed by atoms with van der Waals surface area (Å²) < 4.78 is 20.1. The molecule has 0 spiro atoms. The van der Waals surface area contributed by atoms with Gasteiger partial charge in [0.15, 0.2) is 0 Å². The van der Waals surface area contributed by atoms with Crippen molar-refractivity contribution in [3.63, 3.8) is 0 Å². The fourth-order valence-corrected chi connectivity index (χ4v) is 9.77. The van der Waals surface area contributed by atoms with Crippen LogP contribution in [0.4, 0.5) is 27.1 Å². The summed E-state index contributed by atoms with van der Waals surface area (Å²) in [5.41, 5.74) is 5.71. The van der Waals surface area contributed by atoms with Crippen molar-refractivity contribution in [3.8, 4) is 5.75 Å². The van der Waals surface area contributed by atoms with Gasteiger partial charge in [0.25, 0.3) is 11.8 Å². The second-order valence-electron chi connectivity index (χ2n) is 15.0. The standard InChI is InChI=1S/C46H38ClFN4O6/c47-28-12-10-27(11-13-28)46-38(43(55)52(45(46)57)50-32-16-14-29(48)15-17-32)26-37-34(41(46)35-8-4-5-9-39(35)58-25-24-53)22-23-36-40(37)44(56)51(42(36)54)33-20-18-31(19-21-33)49-30-6-2-1-3-7-30/h1-22,36-38,40-41,49-50,53H,23-26H2. The van der Waals surface area contributed by atoms with Crippen LogP contribution in [-0.4, -0.2) is 47.0 Å². The number of allylic oxidation sites excluding steroid dienone is 2. The van der Waals surface area contributed by atoms with Crippen LogP contribution in [0.1, 0.15) is 29.9 Å². The first-order valence-electron chi connectivity index (χ1n) is 19.2. The van der Waals surface area contributed by atoms with Crippen molar-refractivity contribution in [1.29, 1.82) is 0 Å². The average Bonchev–Trinajstić information content (AvgIpc) is 3.62. The molecule has 5 aromatic carbocycles. The van der Waals surface area contributed by atoms with Crippen molar-refractivity contribution in [2.45, 2.75) is 24.2 Å². The molecule has 292 valence electrons. The molecule has 5 aromatic rings. The molecule has 6 unspecified atom stereocenters. The van der Waals surface area contributed by atoms with Crippen LogP contribution in [-0.2, 0) is 24.6 Å². The van der Waals surface area contributed by atoms with Gasteiger partial charge in [-0.1, -0.05) is 71.8 Å². The summed E-state index contributed by atoms with van der Waals surface area (Å²) in [7, 11) is 0. The zero-order valence-electron chi connectivity index (χ0n) is 31.1. The molecule has 6 atom stereocenters. The highest BCUT2D eigenvalue weighted by Gasteiger charge is 2.70. The van der Waals surface area contributed by atoms with Gasteiger partial charge in [0, 0.05) is 27.9 Å². The van der Waals surface area contributed by atoms with Gasteiger partial charge in [-0.3, -0.25) is 29.5 Å². The number of para-hydroxylation sites is 2. The largest absolute Gasteiger partial charge is 0.491 e. The summed E-state index contributed by atoms with van der Waals surface area (Å²) in [4.78, 5) is 60.7. The van der Waals surface area contributed by atoms with Gasteiger partial charge >= 0.3 is 0 Å². The topological polar surface area (TPSA) is 128 Å². The molecule has 12 heteroatoms. The highest BCUT2D eigenvalue weighted by molar-refractivity contribution is 6.30. The number of halogens is 2. The molecule has 2 aliphatic carbocycles. The Balaban J connectivity index is 1.16. The molecule has 1 saturated carbocycles. The van der Waals surface area contributed by atoms with E-state index >= 15 is 4.79 Å². The minimum Gasteiger partial charge on any atom is -0.491 e. The Kier molecular flexibility index (Phi) is 9.57. The Bertz CT molecular complexity index is 2450. The number of carbonyl (C=O) groups excluding carboxylic acids is 4. The lowest BCUT2D eigenvalue weighted by molar-refractivity contribution is -0.138. The van der Waals surface area contributed by atoms with Gasteiger partial charge in [-0.25, -0.2) is 4.39 Å². The van der Waals surface area contributed by atoms with Crippen molar-refractivity contribution in [2.24, 2.45) is 23.7 Å². The first kappa shape index (κ1) is 37.3. The molecular formula is C46H38ClFN4O6. The minimum atomic E-state index is -1.57. The number of aliphatic hydroxyl groups is 1. The third-order valence-electron chi connectivity index (χ3n) is 12.0. The third kappa shape index (κ3) is 6.04. The van der Waals surface area contributed by atoms with Crippen LogP contribution in [0.25, 0.3) is 0 Å². The van der Waals surface area contributed by atoms with Gasteiger partial charge in [-0.05, 0) is 103 Å². The maximum Gasteiger partial charge on any atom is 0.260 e. The van der Waals surface area contributed by atoms with Gasteiger partial charge in [0.1, 0.15) is 18.2 Å². The number of amides is 4. The number of hydrazine groups is 1. The molecule has 9 rings (SSSR count). The van der Waals surface area contributed by atoms with E-state index in [0.29, 0.717) is 33.3 Å². The molecule has 58 heavy (non-hydrogen) atoms. The fourth-order valence-electron chi connectivity index (χ4n) is 9.64. The number of ether oxygens (including phenoxy) is 1. The van der Waals surface area contributed by atoms with Crippen molar-refractivity contribution in [2.75, 3.05) is 28.9 Å². The van der Waals surface area contributed by atoms with Crippen LogP contribution >= 0.6 is 11.6 Å². The zero-order chi connectivity index (χ0) is 40.1. The summed E-state index contributed by atoms with van der Waals surface area (Å²) in [6.45, 7) is -0.289. The molecule has 2 saturated heterocycles.